The summed E-state index contributed by atoms with van der Waals surface area (Å²) in [5.41, 5.74) is 3.66. The Hall–Kier alpha value is -2.33. The van der Waals surface area contributed by atoms with Crippen molar-refractivity contribution in [3.05, 3.63) is 65.2 Å². The number of likely N-dealkylation sites (tertiary alicyclic amines) is 1. The maximum Gasteiger partial charge on any atom is 0.261 e. The molecule has 4 heteroatoms. The zero-order chi connectivity index (χ0) is 19.1. The smallest absolute Gasteiger partial charge is 0.261 e. The van der Waals surface area contributed by atoms with E-state index in [0.29, 0.717) is 13.0 Å². The first-order chi connectivity index (χ1) is 13.2. The Balaban J connectivity index is 1.58. The lowest BCUT2D eigenvalue weighted by atomic mass is 10.1. The number of carbonyl (C=O) groups is 1. The van der Waals surface area contributed by atoms with E-state index in [-0.39, 0.29) is 5.91 Å². The van der Waals surface area contributed by atoms with Gasteiger partial charge in [0.15, 0.2) is 6.10 Å². The Morgan fingerprint density at radius 2 is 1.74 bits per heavy atom. The summed E-state index contributed by atoms with van der Waals surface area (Å²) in [7, 11) is 0. The van der Waals surface area contributed by atoms with Gasteiger partial charge in [-0.05, 0) is 62.5 Å². The highest BCUT2D eigenvalue weighted by Crippen LogP contribution is 2.17. The van der Waals surface area contributed by atoms with Crippen molar-refractivity contribution in [3.8, 4) is 5.75 Å². The van der Waals surface area contributed by atoms with E-state index < -0.39 is 6.10 Å². The molecule has 1 N–H and O–H groups in total. The van der Waals surface area contributed by atoms with E-state index >= 15 is 0 Å². The van der Waals surface area contributed by atoms with E-state index in [4.69, 9.17) is 4.74 Å². The standard InChI is InChI=1S/C23H30N2O2/c1-3-22(27-21-12-10-18(2)11-13-21)23(26)24-16-19-8-4-5-9-20(19)17-25-14-6-7-15-25/h4-5,8-13,22H,3,6-7,14-17H2,1-2H3,(H,24,26)/t22-/m1/s1. The number of amides is 1. The quantitative estimate of drug-likeness (QED) is 0.766. The molecule has 0 spiro atoms. The number of nitrogens with zero attached hydrogens (tertiary/aromatic N) is 1. The van der Waals surface area contributed by atoms with Crippen molar-refractivity contribution in [1.29, 1.82) is 0 Å². The van der Waals surface area contributed by atoms with Gasteiger partial charge in [0.05, 0.1) is 0 Å². The lowest BCUT2D eigenvalue weighted by Gasteiger charge is -2.20. The molecule has 0 bridgehead atoms. The second-order valence-electron chi connectivity index (χ2n) is 7.30. The van der Waals surface area contributed by atoms with Crippen LogP contribution in [0.5, 0.6) is 5.75 Å². The SMILES string of the molecule is CC[C@@H](Oc1ccc(C)cc1)C(=O)NCc1ccccc1CN1CCCC1. The van der Waals surface area contributed by atoms with Gasteiger partial charge >= 0.3 is 0 Å². The minimum atomic E-state index is -0.474. The number of aryl methyl sites for hydroxylation is 1. The van der Waals surface area contributed by atoms with E-state index in [0.717, 1.165) is 12.3 Å². The van der Waals surface area contributed by atoms with Crippen LogP contribution < -0.4 is 10.1 Å². The molecule has 1 aliphatic heterocycles. The molecule has 2 aromatic carbocycles. The molecular weight excluding hydrogens is 336 g/mol. The molecule has 1 heterocycles. The van der Waals surface area contributed by atoms with Crippen molar-refractivity contribution in [3.63, 3.8) is 0 Å². The normalized spacial score (nSPS) is 15.5. The molecule has 1 fully saturated rings. The summed E-state index contributed by atoms with van der Waals surface area (Å²) < 4.78 is 5.89. The molecule has 0 radical (unpaired) electrons. The second kappa shape index (κ2) is 9.56. The monoisotopic (exact) mass is 366 g/mol. The number of ether oxygens (including phenoxy) is 1. The maximum atomic E-state index is 12.6. The van der Waals surface area contributed by atoms with Gasteiger partial charge in [0.1, 0.15) is 5.75 Å². The van der Waals surface area contributed by atoms with Crippen LogP contribution in [-0.2, 0) is 17.9 Å². The van der Waals surface area contributed by atoms with Gasteiger partial charge in [0, 0.05) is 13.1 Å². The summed E-state index contributed by atoms with van der Waals surface area (Å²) in [6, 6.07) is 16.2. The van der Waals surface area contributed by atoms with E-state index in [9.17, 15) is 4.79 Å². The fourth-order valence-electron chi connectivity index (χ4n) is 3.47. The summed E-state index contributed by atoms with van der Waals surface area (Å²) in [6.07, 6.45) is 2.73. The van der Waals surface area contributed by atoms with Crippen LogP contribution in [0.2, 0.25) is 0 Å². The van der Waals surface area contributed by atoms with E-state index in [1.807, 2.05) is 44.2 Å². The summed E-state index contributed by atoms with van der Waals surface area (Å²) >= 11 is 0. The van der Waals surface area contributed by atoms with Crippen molar-refractivity contribution < 1.29 is 9.53 Å². The molecule has 27 heavy (non-hydrogen) atoms. The van der Waals surface area contributed by atoms with Crippen LogP contribution >= 0.6 is 0 Å². The maximum absolute atomic E-state index is 12.6. The number of hydrogen-bond acceptors (Lipinski definition) is 3. The molecule has 0 saturated carbocycles. The van der Waals surface area contributed by atoms with Gasteiger partial charge in [0.25, 0.3) is 5.91 Å². The first kappa shape index (κ1) is 19.4. The first-order valence-electron chi connectivity index (χ1n) is 9.96. The van der Waals surface area contributed by atoms with Gasteiger partial charge in [-0.2, -0.15) is 0 Å². The van der Waals surface area contributed by atoms with E-state index in [2.05, 4.69) is 28.4 Å². The molecule has 0 aromatic heterocycles. The van der Waals surface area contributed by atoms with Gasteiger partial charge in [-0.25, -0.2) is 0 Å². The Morgan fingerprint density at radius 1 is 1.07 bits per heavy atom. The minimum Gasteiger partial charge on any atom is -0.481 e. The van der Waals surface area contributed by atoms with Crippen molar-refractivity contribution in [1.82, 2.24) is 10.2 Å². The van der Waals surface area contributed by atoms with Crippen LogP contribution in [0.1, 0.15) is 42.9 Å². The molecule has 1 atom stereocenters. The number of rotatable bonds is 8. The second-order valence-corrected chi connectivity index (χ2v) is 7.30. The topological polar surface area (TPSA) is 41.6 Å². The fraction of sp³-hybridized carbons (Fsp3) is 0.435. The molecule has 4 nitrogen and oxygen atoms in total. The summed E-state index contributed by atoms with van der Waals surface area (Å²) in [5, 5.41) is 3.06. The molecule has 1 saturated heterocycles. The first-order valence-corrected chi connectivity index (χ1v) is 9.96. The number of benzene rings is 2. The summed E-state index contributed by atoms with van der Waals surface area (Å²) in [6.45, 7) is 7.85. The van der Waals surface area contributed by atoms with Crippen LogP contribution in [0.4, 0.5) is 0 Å². The largest absolute Gasteiger partial charge is 0.481 e. The van der Waals surface area contributed by atoms with Gasteiger partial charge in [-0.15, -0.1) is 0 Å². The highest BCUT2D eigenvalue weighted by molar-refractivity contribution is 5.81. The van der Waals surface area contributed by atoms with Crippen molar-refractivity contribution in [2.24, 2.45) is 0 Å². The van der Waals surface area contributed by atoms with Gasteiger partial charge in [-0.1, -0.05) is 48.9 Å². The number of nitrogens with one attached hydrogen (secondary N) is 1. The third-order valence-electron chi connectivity index (χ3n) is 5.13. The highest BCUT2D eigenvalue weighted by Gasteiger charge is 2.19. The lowest BCUT2D eigenvalue weighted by Crippen LogP contribution is -2.37. The molecular formula is C23H30N2O2. The molecule has 2 aromatic rings. The summed E-state index contributed by atoms with van der Waals surface area (Å²) in [5.74, 6) is 0.672. The van der Waals surface area contributed by atoms with Crippen LogP contribution in [-0.4, -0.2) is 30.0 Å². The zero-order valence-electron chi connectivity index (χ0n) is 16.4. The summed E-state index contributed by atoms with van der Waals surface area (Å²) in [4.78, 5) is 15.1. The molecule has 144 valence electrons. The van der Waals surface area contributed by atoms with Gasteiger partial charge in [-0.3, -0.25) is 9.69 Å². The fourth-order valence-corrected chi connectivity index (χ4v) is 3.47. The van der Waals surface area contributed by atoms with E-state index in [1.165, 1.54) is 42.6 Å². The van der Waals surface area contributed by atoms with Crippen molar-refractivity contribution >= 4 is 5.91 Å². The molecule has 3 rings (SSSR count). The Morgan fingerprint density at radius 3 is 2.41 bits per heavy atom. The number of carbonyl (C=O) groups excluding carboxylic acids is 1. The van der Waals surface area contributed by atoms with Crippen LogP contribution in [0.15, 0.2) is 48.5 Å². The Labute approximate surface area is 162 Å². The third kappa shape index (κ3) is 5.57. The third-order valence-corrected chi connectivity index (χ3v) is 5.13. The molecule has 0 unspecified atom stereocenters. The van der Waals surface area contributed by atoms with Crippen LogP contribution in [0.25, 0.3) is 0 Å². The van der Waals surface area contributed by atoms with Gasteiger partial charge < -0.3 is 10.1 Å². The van der Waals surface area contributed by atoms with Crippen LogP contribution in [0.3, 0.4) is 0 Å². The van der Waals surface area contributed by atoms with Crippen LogP contribution in [0, 0.1) is 6.92 Å². The van der Waals surface area contributed by atoms with E-state index in [1.54, 1.807) is 0 Å². The zero-order valence-corrected chi connectivity index (χ0v) is 16.4. The van der Waals surface area contributed by atoms with Crippen molar-refractivity contribution in [2.45, 2.75) is 52.3 Å². The predicted molar refractivity (Wildman–Crippen MR) is 109 cm³/mol. The average molecular weight is 367 g/mol. The minimum absolute atomic E-state index is 0.0611. The molecule has 1 aliphatic rings. The van der Waals surface area contributed by atoms with Crippen molar-refractivity contribution in [2.75, 3.05) is 13.1 Å². The lowest BCUT2D eigenvalue weighted by molar-refractivity contribution is -0.128. The Bertz CT molecular complexity index is 736. The molecule has 0 aliphatic carbocycles. The Kier molecular flexibility index (Phi) is 6.88. The number of hydrogen-bond donors (Lipinski definition) is 1. The van der Waals surface area contributed by atoms with Gasteiger partial charge in [0.2, 0.25) is 0 Å². The molecule has 1 amide bonds. The predicted octanol–water partition coefficient (Wildman–Crippen LogP) is 4.06. The highest BCUT2D eigenvalue weighted by atomic mass is 16.5. The average Bonchev–Trinajstić information content (AvgIpc) is 3.19.